The maximum absolute atomic E-state index is 13.1. The molecule has 2 rings (SSSR count). The maximum atomic E-state index is 13.1. The Bertz CT molecular complexity index is 1130. The third-order valence-corrected chi connectivity index (χ3v) is 6.27. The Hall–Kier alpha value is -2.70. The second-order valence-electron chi connectivity index (χ2n) is 6.46. The van der Waals surface area contributed by atoms with Crippen LogP contribution in [0.4, 0.5) is 28.9 Å². The molecule has 2 amide bonds. The minimum atomic E-state index is -5.31. The Labute approximate surface area is 178 Å². The zero-order valence-electron chi connectivity index (χ0n) is 15.8. The number of benzene rings is 2. The molecule has 0 fully saturated rings. The molecule has 168 valence electrons. The summed E-state index contributed by atoms with van der Waals surface area (Å²) in [5, 5.41) is 12.8. The molecule has 0 aliphatic rings. The van der Waals surface area contributed by atoms with E-state index < -0.39 is 60.5 Å². The van der Waals surface area contributed by atoms with E-state index in [2.05, 4.69) is 5.32 Å². The fraction of sp³-hybridized carbons (Fsp3) is 0.222. The van der Waals surface area contributed by atoms with Crippen molar-refractivity contribution in [3.05, 3.63) is 47.2 Å². The number of anilines is 2. The van der Waals surface area contributed by atoms with Gasteiger partial charge in [0.05, 0.1) is 26.2 Å². The summed E-state index contributed by atoms with van der Waals surface area (Å²) in [6.45, 7) is 1.24. The van der Waals surface area contributed by atoms with Crippen LogP contribution in [0.5, 0.6) is 0 Å². The quantitative estimate of drug-likeness (QED) is 0.446. The average Bonchev–Trinajstić information content (AvgIpc) is 2.63. The summed E-state index contributed by atoms with van der Waals surface area (Å²) in [6, 6.07) is 5.47. The van der Waals surface area contributed by atoms with Gasteiger partial charge < -0.3 is 15.7 Å². The Morgan fingerprint density at radius 1 is 1.03 bits per heavy atom. The molecule has 31 heavy (non-hydrogen) atoms. The molecule has 1 unspecified atom stereocenters. The first kappa shape index (κ1) is 24.6. The van der Waals surface area contributed by atoms with Crippen molar-refractivity contribution in [2.45, 2.75) is 35.4 Å². The van der Waals surface area contributed by atoms with Gasteiger partial charge in [0.25, 0.3) is 5.91 Å². The van der Waals surface area contributed by atoms with Crippen LogP contribution >= 0.6 is 11.6 Å². The number of alkyl halides is 3. The van der Waals surface area contributed by atoms with Gasteiger partial charge in [0.15, 0.2) is 0 Å². The number of halogens is 5. The van der Waals surface area contributed by atoms with Crippen molar-refractivity contribution in [2.24, 2.45) is 0 Å². The number of carbonyl (C=O) groups excluding carboxylic acids is 2. The van der Waals surface area contributed by atoms with E-state index in [1.807, 2.05) is 0 Å². The minimum Gasteiger partial charge on any atom is -0.373 e. The van der Waals surface area contributed by atoms with Crippen LogP contribution < -0.4 is 10.6 Å². The van der Waals surface area contributed by atoms with Crippen LogP contribution in [0, 0.1) is 5.82 Å². The van der Waals surface area contributed by atoms with E-state index in [4.69, 9.17) is 11.6 Å². The van der Waals surface area contributed by atoms with Gasteiger partial charge in [0, 0.05) is 6.92 Å². The van der Waals surface area contributed by atoms with Crippen LogP contribution in [0.15, 0.2) is 46.2 Å². The van der Waals surface area contributed by atoms with Crippen molar-refractivity contribution < 1.29 is 40.7 Å². The molecule has 0 aliphatic heterocycles. The molecule has 0 radical (unpaired) electrons. The summed E-state index contributed by atoms with van der Waals surface area (Å²) < 4.78 is 77.6. The van der Waals surface area contributed by atoms with Crippen LogP contribution in [-0.2, 0) is 19.4 Å². The molecule has 0 aliphatic carbocycles. The van der Waals surface area contributed by atoms with E-state index in [1.54, 1.807) is 5.32 Å². The largest absolute Gasteiger partial charge is 0.426 e. The zero-order valence-corrected chi connectivity index (χ0v) is 17.4. The van der Waals surface area contributed by atoms with Gasteiger partial charge >= 0.3 is 6.18 Å². The molecule has 0 saturated heterocycles. The van der Waals surface area contributed by atoms with Gasteiger partial charge in [-0.2, -0.15) is 13.2 Å². The van der Waals surface area contributed by atoms with Crippen molar-refractivity contribution in [3.63, 3.8) is 0 Å². The minimum absolute atomic E-state index is 0.221. The summed E-state index contributed by atoms with van der Waals surface area (Å²) in [4.78, 5) is 22.6. The highest BCUT2D eigenvalue weighted by Crippen LogP contribution is 2.39. The molecule has 0 heterocycles. The van der Waals surface area contributed by atoms with Crippen LogP contribution in [0.1, 0.15) is 13.8 Å². The van der Waals surface area contributed by atoms with Crippen LogP contribution in [0.2, 0.25) is 5.02 Å². The van der Waals surface area contributed by atoms with E-state index in [0.717, 1.165) is 43.3 Å². The van der Waals surface area contributed by atoms with Gasteiger partial charge in [-0.15, -0.1) is 0 Å². The fourth-order valence-electron chi connectivity index (χ4n) is 2.28. The van der Waals surface area contributed by atoms with Crippen LogP contribution in [0.3, 0.4) is 0 Å². The highest BCUT2D eigenvalue weighted by molar-refractivity contribution is 7.91. The molecule has 2 aromatic rings. The first-order valence-electron chi connectivity index (χ1n) is 8.30. The van der Waals surface area contributed by atoms with E-state index in [9.17, 15) is 40.7 Å². The van der Waals surface area contributed by atoms with Gasteiger partial charge in [0.1, 0.15) is 5.82 Å². The van der Waals surface area contributed by atoms with Crippen LogP contribution in [0.25, 0.3) is 0 Å². The molecule has 2 aromatic carbocycles. The predicted octanol–water partition coefficient (Wildman–Crippen LogP) is 3.52. The Kier molecular flexibility index (Phi) is 6.69. The number of sulfone groups is 1. The van der Waals surface area contributed by atoms with E-state index in [1.165, 1.54) is 0 Å². The lowest BCUT2D eigenvalue weighted by Crippen LogP contribution is -2.52. The smallest absolute Gasteiger partial charge is 0.373 e. The summed E-state index contributed by atoms with van der Waals surface area (Å²) in [5.74, 6) is -3.36. The first-order chi connectivity index (χ1) is 14.1. The van der Waals surface area contributed by atoms with E-state index in [-0.39, 0.29) is 11.8 Å². The lowest BCUT2D eigenvalue weighted by atomic mass is 10.1. The highest BCUT2D eigenvalue weighted by atomic mass is 35.5. The molecular weight excluding hydrogens is 468 g/mol. The van der Waals surface area contributed by atoms with Crippen LogP contribution in [-0.4, -0.2) is 37.1 Å². The van der Waals surface area contributed by atoms with Gasteiger partial charge in [0.2, 0.25) is 21.3 Å². The summed E-state index contributed by atoms with van der Waals surface area (Å²) in [5.41, 5.74) is -4.80. The second kappa shape index (κ2) is 8.44. The number of nitrogens with one attached hydrogen (secondary N) is 2. The monoisotopic (exact) mass is 482 g/mol. The Morgan fingerprint density at radius 2 is 1.58 bits per heavy atom. The normalized spacial score (nSPS) is 13.9. The number of hydrogen-bond donors (Lipinski definition) is 3. The van der Waals surface area contributed by atoms with Gasteiger partial charge in [-0.05, 0) is 43.3 Å². The second-order valence-corrected chi connectivity index (χ2v) is 8.76. The summed E-state index contributed by atoms with van der Waals surface area (Å²) in [7, 11) is -4.36. The lowest BCUT2D eigenvalue weighted by molar-refractivity contribution is -0.242. The third-order valence-electron chi connectivity index (χ3n) is 4.06. The average molecular weight is 483 g/mol. The summed E-state index contributed by atoms with van der Waals surface area (Å²) >= 11 is 6.07. The lowest BCUT2D eigenvalue weighted by Gasteiger charge is -2.25. The van der Waals surface area contributed by atoms with Gasteiger partial charge in [-0.25, -0.2) is 12.8 Å². The molecule has 7 nitrogen and oxygen atoms in total. The molecule has 0 bridgehead atoms. The van der Waals surface area contributed by atoms with Crippen molar-refractivity contribution >= 4 is 44.6 Å². The number of carbonyl (C=O) groups is 2. The summed E-state index contributed by atoms with van der Waals surface area (Å²) in [6.07, 6.45) is -5.31. The van der Waals surface area contributed by atoms with Gasteiger partial charge in [-0.3, -0.25) is 9.59 Å². The predicted molar refractivity (Wildman–Crippen MR) is 103 cm³/mol. The topological polar surface area (TPSA) is 113 Å². The third kappa shape index (κ3) is 4.97. The Morgan fingerprint density at radius 3 is 2.06 bits per heavy atom. The number of hydrogen-bond acceptors (Lipinski definition) is 5. The molecule has 0 aromatic heterocycles. The number of amides is 2. The van der Waals surface area contributed by atoms with E-state index >= 15 is 0 Å². The SMILES string of the molecule is CC(=O)Nc1c(S(=O)(=O)c2ccc(F)cc2)ccc(NC(=O)C(C)(O)C(F)(F)F)c1Cl. The standard InChI is InChI=1S/C18H15ClF4N2O5S/c1-9(26)24-15-13(31(29,30)11-5-3-10(20)4-6-11)8-7-12(14(15)19)25-16(27)17(2,28)18(21,22)23/h3-8,28H,1-2H3,(H,24,26)(H,25,27). The number of rotatable bonds is 5. The van der Waals surface area contributed by atoms with Crippen molar-refractivity contribution in [3.8, 4) is 0 Å². The van der Waals surface area contributed by atoms with E-state index in [0.29, 0.717) is 0 Å². The highest BCUT2D eigenvalue weighted by Gasteiger charge is 2.55. The molecule has 1 atom stereocenters. The van der Waals surface area contributed by atoms with Crippen molar-refractivity contribution in [1.29, 1.82) is 0 Å². The molecule has 3 N–H and O–H groups in total. The van der Waals surface area contributed by atoms with Crippen molar-refractivity contribution in [2.75, 3.05) is 10.6 Å². The molecule has 0 saturated carbocycles. The Balaban J connectivity index is 2.59. The molecular formula is C18H15ClF4N2O5S. The fourth-order valence-corrected chi connectivity index (χ4v) is 4.02. The molecule has 0 spiro atoms. The van der Waals surface area contributed by atoms with Crippen molar-refractivity contribution in [1.82, 2.24) is 0 Å². The molecule has 13 heteroatoms. The maximum Gasteiger partial charge on any atom is 0.426 e. The first-order valence-corrected chi connectivity index (χ1v) is 10.2. The van der Waals surface area contributed by atoms with Gasteiger partial charge in [-0.1, -0.05) is 11.6 Å². The number of aliphatic hydroxyl groups is 1. The zero-order chi connectivity index (χ0) is 23.8.